The van der Waals surface area contributed by atoms with Gasteiger partial charge in [0.05, 0.1) is 12.6 Å². The summed E-state index contributed by atoms with van der Waals surface area (Å²) in [7, 11) is 1.35. The van der Waals surface area contributed by atoms with Crippen molar-refractivity contribution in [2.24, 2.45) is 5.92 Å². The summed E-state index contributed by atoms with van der Waals surface area (Å²) in [5.41, 5.74) is -3.35. The van der Waals surface area contributed by atoms with Gasteiger partial charge in [-0.25, -0.2) is 4.98 Å². The molecule has 1 spiro atoms. The fraction of sp³-hybridized carbons (Fsp3) is 0.630. The van der Waals surface area contributed by atoms with E-state index in [1.54, 1.807) is 12.1 Å². The Labute approximate surface area is 234 Å². The van der Waals surface area contributed by atoms with Crippen molar-refractivity contribution in [3.05, 3.63) is 18.3 Å². The van der Waals surface area contributed by atoms with Crippen LogP contribution in [0.15, 0.2) is 18.3 Å². The number of aromatic nitrogens is 1. The number of hydrogen-bond acceptors (Lipinski definition) is 7. The van der Waals surface area contributed by atoms with Crippen LogP contribution in [0.1, 0.15) is 57.8 Å². The third kappa shape index (κ3) is 5.41. The predicted octanol–water partition coefficient (Wildman–Crippen LogP) is 2.28. The van der Waals surface area contributed by atoms with E-state index in [1.807, 2.05) is 5.32 Å². The lowest BCUT2D eigenvalue weighted by Crippen LogP contribution is -2.64. The smallest absolute Gasteiger partial charge is 0.471 e. The Kier molecular flexibility index (Phi) is 7.33. The van der Waals surface area contributed by atoms with Gasteiger partial charge in [0, 0.05) is 19.7 Å². The molecule has 2 aliphatic carbocycles. The van der Waals surface area contributed by atoms with Crippen molar-refractivity contribution in [3.8, 4) is 11.8 Å². The number of likely N-dealkylation sites (tertiary alicyclic amines) is 1. The number of fused-ring (bicyclic) bond motifs is 1. The molecule has 1 aromatic rings. The van der Waals surface area contributed by atoms with Crippen LogP contribution in [0.3, 0.4) is 0 Å². The number of pyridine rings is 1. The average Bonchev–Trinajstić information content (AvgIpc) is 3.69. The average molecular weight is 577 g/mol. The first-order valence-corrected chi connectivity index (χ1v) is 13.7. The fourth-order valence-corrected chi connectivity index (χ4v) is 6.10. The van der Waals surface area contributed by atoms with E-state index in [0.717, 1.165) is 17.7 Å². The minimum Gasteiger partial charge on any atom is -0.472 e. The number of amides is 4. The molecule has 41 heavy (non-hydrogen) atoms. The topological polar surface area (TPSA) is 145 Å². The molecule has 3 fully saturated rings. The summed E-state index contributed by atoms with van der Waals surface area (Å²) in [6, 6.07) is 3.13. The molecule has 1 aromatic heterocycles. The molecule has 0 aromatic carbocycles. The first kappa shape index (κ1) is 28.6. The standard InChI is InChI=1S/C27H31F3N6O5/c1-35(24(40)25(9-3-2-4-10-25)34-23(39)27(28,29)30)18(12-16-7-8-16)21(37)36-15-26(13-17(36)14-31)22(38)33-20-19(41-26)6-5-11-32-20/h5-6,11,16-18H,2-4,7-10,12-13,15H2,1H3,(H,34,39)(H,32,33,38)/t17-,18-,26+/m0/s1. The van der Waals surface area contributed by atoms with Gasteiger partial charge in [0.25, 0.3) is 5.91 Å². The quantitative estimate of drug-likeness (QED) is 0.529. The van der Waals surface area contributed by atoms with Gasteiger partial charge in [0.1, 0.15) is 17.6 Å². The highest BCUT2D eigenvalue weighted by Crippen LogP contribution is 2.41. The number of ether oxygens (including phenoxy) is 1. The Bertz CT molecular complexity index is 1290. The Hall–Kier alpha value is -3.89. The van der Waals surface area contributed by atoms with Crippen molar-refractivity contribution >= 4 is 29.4 Å². The molecule has 1 saturated heterocycles. The number of nitrogens with one attached hydrogen (secondary N) is 2. The summed E-state index contributed by atoms with van der Waals surface area (Å²) < 4.78 is 45.7. The minimum absolute atomic E-state index is 0.0113. The maximum atomic E-state index is 14.1. The molecule has 3 atom stereocenters. The summed E-state index contributed by atoms with van der Waals surface area (Å²) in [5, 5.41) is 14.6. The number of nitrogens with zero attached hydrogens (tertiary/aromatic N) is 4. The van der Waals surface area contributed by atoms with E-state index in [1.165, 1.54) is 18.1 Å². The zero-order valence-electron chi connectivity index (χ0n) is 22.5. The summed E-state index contributed by atoms with van der Waals surface area (Å²) >= 11 is 0. The van der Waals surface area contributed by atoms with Gasteiger partial charge in [0.15, 0.2) is 11.6 Å². The normalized spacial score (nSPS) is 25.8. The molecule has 11 nitrogen and oxygen atoms in total. The zero-order chi connectivity index (χ0) is 29.6. The summed E-state index contributed by atoms with van der Waals surface area (Å²) in [5.74, 6) is -3.50. The van der Waals surface area contributed by atoms with Crippen LogP contribution in [-0.2, 0) is 19.2 Å². The fourth-order valence-electron chi connectivity index (χ4n) is 6.10. The number of nitriles is 1. The third-order valence-corrected chi connectivity index (χ3v) is 8.53. The number of carbonyl (C=O) groups excluding carboxylic acids is 4. The van der Waals surface area contributed by atoms with E-state index in [0.29, 0.717) is 25.0 Å². The van der Waals surface area contributed by atoms with Crippen LogP contribution in [-0.4, -0.2) is 81.4 Å². The van der Waals surface area contributed by atoms with Crippen LogP contribution < -0.4 is 15.4 Å². The molecule has 4 amide bonds. The molecular weight excluding hydrogens is 545 g/mol. The summed E-state index contributed by atoms with van der Waals surface area (Å²) in [4.78, 5) is 59.5. The molecule has 0 unspecified atom stereocenters. The third-order valence-electron chi connectivity index (χ3n) is 8.53. The van der Waals surface area contributed by atoms with Crippen LogP contribution in [0.4, 0.5) is 19.0 Å². The molecule has 14 heteroatoms. The van der Waals surface area contributed by atoms with E-state index >= 15 is 0 Å². The number of rotatable bonds is 6. The Balaban J connectivity index is 1.41. The molecule has 5 rings (SSSR count). The van der Waals surface area contributed by atoms with Gasteiger partial charge in [-0.05, 0) is 37.3 Å². The van der Waals surface area contributed by atoms with Crippen molar-refractivity contribution in [2.75, 3.05) is 18.9 Å². The van der Waals surface area contributed by atoms with Crippen LogP contribution in [0, 0.1) is 17.2 Å². The summed E-state index contributed by atoms with van der Waals surface area (Å²) in [6.45, 7) is -0.261. The van der Waals surface area contributed by atoms with E-state index in [2.05, 4.69) is 16.4 Å². The molecule has 2 N–H and O–H groups in total. The van der Waals surface area contributed by atoms with Crippen LogP contribution in [0.2, 0.25) is 0 Å². The van der Waals surface area contributed by atoms with Crippen molar-refractivity contribution in [3.63, 3.8) is 0 Å². The Morgan fingerprint density at radius 2 is 2.00 bits per heavy atom. The first-order chi connectivity index (χ1) is 19.4. The van der Waals surface area contributed by atoms with Crippen molar-refractivity contribution < 1.29 is 37.1 Å². The van der Waals surface area contributed by atoms with Crippen LogP contribution in [0.5, 0.6) is 5.75 Å². The van der Waals surface area contributed by atoms with Gasteiger partial charge in [0.2, 0.25) is 17.4 Å². The first-order valence-electron chi connectivity index (χ1n) is 13.7. The van der Waals surface area contributed by atoms with Gasteiger partial charge in [-0.3, -0.25) is 19.2 Å². The maximum absolute atomic E-state index is 14.1. The van der Waals surface area contributed by atoms with E-state index < -0.39 is 53.0 Å². The number of hydrogen-bond donors (Lipinski definition) is 2. The largest absolute Gasteiger partial charge is 0.472 e. The van der Waals surface area contributed by atoms with Gasteiger partial charge in [-0.15, -0.1) is 0 Å². The summed E-state index contributed by atoms with van der Waals surface area (Å²) in [6.07, 6.45) is -0.328. The van der Waals surface area contributed by atoms with Crippen molar-refractivity contribution in [1.82, 2.24) is 20.1 Å². The second-order valence-corrected chi connectivity index (χ2v) is 11.4. The zero-order valence-corrected chi connectivity index (χ0v) is 22.5. The lowest BCUT2D eigenvalue weighted by molar-refractivity contribution is -0.178. The van der Waals surface area contributed by atoms with Crippen molar-refractivity contribution in [1.29, 1.82) is 5.26 Å². The number of likely N-dealkylation sites (N-methyl/N-ethyl adjacent to an activating group) is 1. The highest BCUT2D eigenvalue weighted by atomic mass is 19.4. The molecule has 0 radical (unpaired) electrons. The second kappa shape index (κ2) is 10.5. The Morgan fingerprint density at radius 1 is 1.29 bits per heavy atom. The number of anilines is 1. The van der Waals surface area contributed by atoms with Crippen molar-refractivity contribution in [2.45, 2.75) is 87.2 Å². The number of alkyl halides is 3. The van der Waals surface area contributed by atoms with Gasteiger partial charge < -0.3 is 25.2 Å². The van der Waals surface area contributed by atoms with Crippen LogP contribution >= 0.6 is 0 Å². The van der Waals surface area contributed by atoms with E-state index in [4.69, 9.17) is 4.74 Å². The highest BCUT2D eigenvalue weighted by Gasteiger charge is 2.57. The minimum atomic E-state index is -5.18. The van der Waals surface area contributed by atoms with Crippen LogP contribution in [0.25, 0.3) is 0 Å². The SMILES string of the molecule is CN(C(=O)C1(NC(=O)C(F)(F)F)CCCCC1)[C@@H](CC1CC1)C(=O)N1C[C@@]2(C[C@H]1C#N)Oc1cccnc1NC2=O. The van der Waals surface area contributed by atoms with Gasteiger partial charge in [-0.2, -0.15) is 18.4 Å². The molecule has 2 aliphatic heterocycles. The predicted molar refractivity (Wildman–Crippen MR) is 136 cm³/mol. The lowest BCUT2D eigenvalue weighted by Gasteiger charge is -2.42. The van der Waals surface area contributed by atoms with E-state index in [-0.39, 0.29) is 44.0 Å². The van der Waals surface area contributed by atoms with Gasteiger partial charge in [-0.1, -0.05) is 32.1 Å². The van der Waals surface area contributed by atoms with Gasteiger partial charge >= 0.3 is 12.1 Å². The Morgan fingerprint density at radius 3 is 2.63 bits per heavy atom. The van der Waals surface area contributed by atoms with E-state index in [9.17, 15) is 37.6 Å². The monoisotopic (exact) mass is 576 g/mol. The molecular formula is C27H31F3N6O5. The number of carbonyl (C=O) groups is 4. The molecule has 220 valence electrons. The highest BCUT2D eigenvalue weighted by molar-refractivity contribution is 6.01. The second-order valence-electron chi connectivity index (χ2n) is 11.4. The lowest BCUT2D eigenvalue weighted by atomic mass is 9.80. The molecule has 4 aliphatic rings. The molecule has 0 bridgehead atoms. The number of halogens is 3. The maximum Gasteiger partial charge on any atom is 0.471 e. The molecule has 2 saturated carbocycles. The molecule has 3 heterocycles.